The summed E-state index contributed by atoms with van der Waals surface area (Å²) in [5.41, 5.74) is -0.585. The van der Waals surface area contributed by atoms with E-state index >= 15 is 0 Å². The van der Waals surface area contributed by atoms with Crippen LogP contribution in [0.25, 0.3) is 5.76 Å². The molecule has 0 bridgehead atoms. The highest BCUT2D eigenvalue weighted by atomic mass is 32.2. The topological polar surface area (TPSA) is 196 Å². The molecule has 1 saturated heterocycles. The summed E-state index contributed by atoms with van der Waals surface area (Å²) < 4.78 is 37.8. The lowest BCUT2D eigenvalue weighted by molar-refractivity contribution is -0.277. The van der Waals surface area contributed by atoms with E-state index in [0.29, 0.717) is 4.31 Å². The van der Waals surface area contributed by atoms with Gasteiger partial charge in [-0.05, 0) is 24.3 Å². The minimum Gasteiger partial charge on any atom is -0.479 e. The number of carboxylic acids is 1. The van der Waals surface area contributed by atoms with Crippen LogP contribution in [-0.4, -0.2) is 87.8 Å². The summed E-state index contributed by atoms with van der Waals surface area (Å²) in [5, 5.41) is 42.2. The molecule has 35 heavy (non-hydrogen) atoms. The molecule has 0 unspecified atom stereocenters. The number of amides is 1. The van der Waals surface area contributed by atoms with E-state index in [9.17, 15) is 38.4 Å². The maximum Gasteiger partial charge on any atom is 0.335 e. The Morgan fingerprint density at radius 2 is 1.74 bits per heavy atom. The number of aliphatic carboxylic acids is 1. The summed E-state index contributed by atoms with van der Waals surface area (Å²) in [6.45, 7) is 0. The van der Waals surface area contributed by atoms with E-state index in [2.05, 4.69) is 10.3 Å². The molecule has 5 N–H and O–H groups in total. The predicted octanol–water partition coefficient (Wildman–Crippen LogP) is -1.07. The Balaban J connectivity index is 1.82. The molecule has 3 heterocycles. The van der Waals surface area contributed by atoms with Crippen LogP contribution in [0, 0.1) is 0 Å². The van der Waals surface area contributed by atoms with Crippen molar-refractivity contribution in [2.24, 2.45) is 0 Å². The van der Waals surface area contributed by atoms with Gasteiger partial charge in [0.25, 0.3) is 15.9 Å². The van der Waals surface area contributed by atoms with E-state index in [4.69, 9.17) is 9.47 Å². The molecule has 1 fully saturated rings. The molecular weight excluding hydrogens is 486 g/mol. The molecule has 0 aliphatic carbocycles. The molecule has 2 aliphatic heterocycles. The highest BCUT2D eigenvalue weighted by molar-refractivity contribution is 7.89. The van der Waals surface area contributed by atoms with Crippen molar-refractivity contribution >= 4 is 33.5 Å². The third-order valence-corrected chi connectivity index (χ3v) is 7.28. The van der Waals surface area contributed by atoms with E-state index in [1.54, 1.807) is 12.1 Å². The van der Waals surface area contributed by atoms with Crippen LogP contribution in [0.5, 0.6) is 0 Å². The molecule has 1 aromatic carbocycles. The number of likely N-dealkylation sites (N-methyl/N-ethyl adjacent to an activating group) is 1. The van der Waals surface area contributed by atoms with Gasteiger partial charge in [-0.25, -0.2) is 18.2 Å². The van der Waals surface area contributed by atoms with E-state index < -0.39 is 58.3 Å². The third kappa shape index (κ3) is 4.33. The molecular formula is C21H21N3O10S. The molecule has 5 atom stereocenters. The van der Waals surface area contributed by atoms with Gasteiger partial charge < -0.3 is 35.2 Å². The van der Waals surface area contributed by atoms with Crippen molar-refractivity contribution in [3.8, 4) is 0 Å². The number of rotatable bonds is 5. The number of fused-ring (bicyclic) bond motifs is 1. The average molecular weight is 507 g/mol. The Morgan fingerprint density at radius 3 is 2.40 bits per heavy atom. The monoisotopic (exact) mass is 507 g/mol. The zero-order valence-electron chi connectivity index (χ0n) is 18.0. The van der Waals surface area contributed by atoms with E-state index in [0.717, 1.165) is 7.05 Å². The maximum absolute atomic E-state index is 13.2. The lowest BCUT2D eigenvalue weighted by Crippen LogP contribution is -2.60. The Morgan fingerprint density at radius 1 is 1.06 bits per heavy atom. The van der Waals surface area contributed by atoms with Crippen LogP contribution in [0.4, 0.5) is 5.82 Å². The average Bonchev–Trinajstić information content (AvgIpc) is 2.83. The SMILES string of the molecule is CN1C(C(=O)Nc2ccccn2)=C(O[C@@H]2O[C@H](C(=O)O)[C@@H](O)[C@H](O)[C@H]2O)c2ccccc2S1(=O)=O. The smallest absolute Gasteiger partial charge is 0.335 e. The molecule has 1 amide bonds. The second-order valence-electron chi connectivity index (χ2n) is 7.67. The Bertz CT molecular complexity index is 1280. The fraction of sp³-hybridized carbons (Fsp3) is 0.286. The summed E-state index contributed by atoms with van der Waals surface area (Å²) >= 11 is 0. The van der Waals surface area contributed by atoms with Crippen molar-refractivity contribution in [3.05, 3.63) is 59.9 Å². The predicted molar refractivity (Wildman–Crippen MR) is 117 cm³/mol. The molecule has 2 aliphatic rings. The van der Waals surface area contributed by atoms with Gasteiger partial charge >= 0.3 is 5.97 Å². The first-order valence-electron chi connectivity index (χ1n) is 10.2. The molecule has 0 radical (unpaired) electrons. The highest BCUT2D eigenvalue weighted by Crippen LogP contribution is 2.39. The van der Waals surface area contributed by atoms with E-state index in [1.165, 1.54) is 36.5 Å². The summed E-state index contributed by atoms with van der Waals surface area (Å²) in [7, 11) is -3.10. The number of carbonyl (C=O) groups is 2. The van der Waals surface area contributed by atoms with Crippen molar-refractivity contribution in [1.82, 2.24) is 9.29 Å². The molecule has 2 aromatic rings. The zero-order chi connectivity index (χ0) is 25.5. The minimum absolute atomic E-state index is 0.0694. The largest absolute Gasteiger partial charge is 0.479 e. The van der Waals surface area contributed by atoms with Crippen LogP contribution < -0.4 is 5.32 Å². The number of anilines is 1. The van der Waals surface area contributed by atoms with Gasteiger partial charge in [-0.15, -0.1) is 0 Å². The number of nitrogens with one attached hydrogen (secondary N) is 1. The van der Waals surface area contributed by atoms with Gasteiger partial charge in [-0.2, -0.15) is 0 Å². The summed E-state index contributed by atoms with van der Waals surface area (Å²) in [4.78, 5) is 28.4. The van der Waals surface area contributed by atoms with Gasteiger partial charge in [-0.3, -0.25) is 9.10 Å². The Labute approximate surface area is 198 Å². The number of ether oxygens (including phenoxy) is 2. The van der Waals surface area contributed by atoms with Crippen molar-refractivity contribution in [3.63, 3.8) is 0 Å². The number of sulfonamides is 1. The van der Waals surface area contributed by atoms with Gasteiger partial charge in [0.05, 0.1) is 4.90 Å². The number of carboxylic acid groups (broad SMARTS) is 1. The number of hydrogen-bond donors (Lipinski definition) is 5. The number of carbonyl (C=O) groups excluding carboxylic acids is 1. The standard InChI is InChI=1S/C21H21N3O10S/c1-24-13(19(28)23-12-8-4-5-9-22-12)17(10-6-2-3-7-11(10)35(24,31)32)33-21-16(27)14(25)15(26)18(34-21)20(29)30/h2-9,14-16,18,21,25-27H,1H3,(H,29,30)(H,22,23,28)/t14-,15-,16+,18-,21+/m0/s1. The molecule has 1 aromatic heterocycles. The number of hydrogen-bond acceptors (Lipinski definition) is 10. The van der Waals surface area contributed by atoms with Crippen LogP contribution >= 0.6 is 0 Å². The van der Waals surface area contributed by atoms with Crippen LogP contribution in [0.3, 0.4) is 0 Å². The number of aromatic nitrogens is 1. The van der Waals surface area contributed by atoms with Crippen LogP contribution in [-0.2, 0) is 29.1 Å². The van der Waals surface area contributed by atoms with Crippen molar-refractivity contribution < 1.29 is 47.9 Å². The van der Waals surface area contributed by atoms with Crippen molar-refractivity contribution in [2.75, 3.05) is 12.4 Å². The summed E-state index contributed by atoms with van der Waals surface area (Å²) in [6.07, 6.45) is -8.33. The molecule has 0 saturated carbocycles. The maximum atomic E-state index is 13.2. The number of benzene rings is 1. The number of aliphatic hydroxyl groups excluding tert-OH is 3. The van der Waals surface area contributed by atoms with E-state index in [-0.39, 0.29) is 22.0 Å². The lowest BCUT2D eigenvalue weighted by atomic mass is 9.99. The first kappa shape index (κ1) is 24.6. The van der Waals surface area contributed by atoms with Gasteiger partial charge in [0.2, 0.25) is 6.29 Å². The van der Waals surface area contributed by atoms with Crippen molar-refractivity contribution in [2.45, 2.75) is 35.6 Å². The molecule has 14 heteroatoms. The Hall–Kier alpha value is -3.56. The Kier molecular flexibility index (Phi) is 6.48. The number of pyridine rings is 1. The van der Waals surface area contributed by atoms with Crippen molar-refractivity contribution in [1.29, 1.82) is 0 Å². The fourth-order valence-corrected chi connectivity index (χ4v) is 5.05. The first-order valence-corrected chi connectivity index (χ1v) is 11.6. The summed E-state index contributed by atoms with van der Waals surface area (Å²) in [6, 6.07) is 10.2. The zero-order valence-corrected chi connectivity index (χ0v) is 18.9. The molecule has 186 valence electrons. The van der Waals surface area contributed by atoms with Gasteiger partial charge in [0, 0.05) is 18.8 Å². The molecule has 13 nitrogen and oxygen atoms in total. The molecule has 4 rings (SSSR count). The van der Waals surface area contributed by atoms with Gasteiger partial charge in [0.15, 0.2) is 17.6 Å². The number of nitrogens with zero attached hydrogens (tertiary/aromatic N) is 2. The van der Waals surface area contributed by atoms with E-state index in [1.807, 2.05) is 0 Å². The lowest BCUT2D eigenvalue weighted by Gasteiger charge is -2.40. The summed E-state index contributed by atoms with van der Waals surface area (Å²) in [5.74, 6) is -2.85. The van der Waals surface area contributed by atoms with Gasteiger partial charge in [0.1, 0.15) is 24.1 Å². The fourth-order valence-electron chi connectivity index (χ4n) is 3.66. The highest BCUT2D eigenvalue weighted by Gasteiger charge is 2.49. The normalized spacial score (nSPS) is 27.7. The molecule has 0 spiro atoms. The van der Waals surface area contributed by atoms with Crippen LogP contribution in [0.1, 0.15) is 5.56 Å². The third-order valence-electron chi connectivity index (χ3n) is 5.47. The minimum atomic E-state index is -4.21. The second-order valence-corrected chi connectivity index (χ2v) is 9.61. The van der Waals surface area contributed by atoms with Crippen LogP contribution in [0.2, 0.25) is 0 Å². The second kappa shape index (κ2) is 9.24. The number of aliphatic hydroxyl groups is 3. The van der Waals surface area contributed by atoms with Gasteiger partial charge in [-0.1, -0.05) is 18.2 Å². The first-order chi connectivity index (χ1) is 16.5. The van der Waals surface area contributed by atoms with Crippen LogP contribution in [0.15, 0.2) is 59.3 Å². The quantitative estimate of drug-likeness (QED) is 0.331.